The molecule has 20 heavy (non-hydrogen) atoms. The lowest BCUT2D eigenvalue weighted by Crippen LogP contribution is -3.00. The second kappa shape index (κ2) is 11.3. The first kappa shape index (κ1) is 20.7. The molecular weight excluding hydrogens is 357 g/mol. The molecule has 1 saturated heterocycles. The first-order valence-electron chi connectivity index (χ1n) is 8.97. The van der Waals surface area contributed by atoms with Crippen molar-refractivity contribution < 1.29 is 28.5 Å². The average molecular weight is 395 g/mol. The van der Waals surface area contributed by atoms with Crippen LogP contribution >= 0.6 is 0 Å². The predicted octanol–water partition coefficient (Wildman–Crippen LogP) is 2.25. The molecule has 1 aliphatic rings. The van der Waals surface area contributed by atoms with Gasteiger partial charge in [-0.25, -0.2) is 0 Å². The van der Waals surface area contributed by atoms with Crippen molar-refractivity contribution in [3.8, 4) is 0 Å². The largest absolute Gasteiger partial charge is 1.00 e. The second-order valence-corrected chi connectivity index (χ2v) is 7.28. The summed E-state index contributed by atoms with van der Waals surface area (Å²) in [7, 11) is 0. The molecule has 0 aliphatic carbocycles. The van der Waals surface area contributed by atoms with Crippen molar-refractivity contribution in [1.29, 1.82) is 0 Å². The molecule has 2 heteroatoms. The van der Waals surface area contributed by atoms with Crippen molar-refractivity contribution in [2.75, 3.05) is 26.2 Å². The molecule has 1 rings (SSSR count). The van der Waals surface area contributed by atoms with Crippen LogP contribution in [-0.4, -0.2) is 30.7 Å². The van der Waals surface area contributed by atoms with E-state index in [9.17, 15) is 0 Å². The predicted molar refractivity (Wildman–Crippen MR) is 86.3 cm³/mol. The first-order valence-corrected chi connectivity index (χ1v) is 8.97. The molecule has 0 radical (unpaired) electrons. The van der Waals surface area contributed by atoms with E-state index >= 15 is 0 Å². The Hall–Kier alpha value is 0.690. The number of hydrogen-bond acceptors (Lipinski definition) is 0. The number of piperidine rings is 1. The molecular formula is C18H38IN. The van der Waals surface area contributed by atoms with Crippen LogP contribution in [0.5, 0.6) is 0 Å². The van der Waals surface area contributed by atoms with E-state index in [0.29, 0.717) is 0 Å². The zero-order valence-corrected chi connectivity index (χ0v) is 16.6. The normalized spacial score (nSPS) is 21.0. The molecule has 0 aromatic heterocycles. The van der Waals surface area contributed by atoms with E-state index in [0.717, 1.165) is 11.8 Å². The van der Waals surface area contributed by atoms with Gasteiger partial charge in [-0.15, -0.1) is 0 Å². The molecule has 0 bridgehead atoms. The number of quaternary nitrogens is 1. The fraction of sp³-hybridized carbons (Fsp3) is 1.00. The second-order valence-electron chi connectivity index (χ2n) is 7.28. The van der Waals surface area contributed by atoms with Crippen LogP contribution in [0.3, 0.4) is 0 Å². The monoisotopic (exact) mass is 395 g/mol. The van der Waals surface area contributed by atoms with E-state index in [1.165, 1.54) is 82.0 Å². The zero-order chi connectivity index (χ0) is 14.1. The van der Waals surface area contributed by atoms with Crippen molar-refractivity contribution in [3.63, 3.8) is 0 Å². The number of nitrogens with zero attached hydrogens (tertiary/aromatic N) is 1. The maximum atomic E-state index is 2.48. The van der Waals surface area contributed by atoms with E-state index in [1.807, 2.05) is 0 Å². The van der Waals surface area contributed by atoms with Crippen LogP contribution in [0, 0.1) is 11.8 Å². The maximum absolute atomic E-state index is 2.48. The van der Waals surface area contributed by atoms with Gasteiger partial charge >= 0.3 is 0 Å². The minimum absolute atomic E-state index is 0. The summed E-state index contributed by atoms with van der Waals surface area (Å²) in [6, 6.07) is 0. The van der Waals surface area contributed by atoms with Gasteiger partial charge < -0.3 is 28.5 Å². The highest BCUT2D eigenvalue weighted by molar-refractivity contribution is 4.60. The molecule has 2 unspecified atom stereocenters. The van der Waals surface area contributed by atoms with Crippen LogP contribution in [0.1, 0.15) is 79.1 Å². The number of halogens is 1. The van der Waals surface area contributed by atoms with E-state index in [4.69, 9.17) is 0 Å². The molecule has 1 nitrogen and oxygen atoms in total. The van der Waals surface area contributed by atoms with Crippen molar-refractivity contribution in [2.24, 2.45) is 11.8 Å². The standard InChI is InChI=1S/C18H38N.HI/c1-5-13-19(14-8-7-9-15-19)16-12-18(4)11-10-17(3)6-2;/h17-18H,5-16H2,1-4H3;1H/q+1;/p-1. The molecule has 122 valence electrons. The van der Waals surface area contributed by atoms with Gasteiger partial charge in [0, 0.05) is 0 Å². The van der Waals surface area contributed by atoms with Crippen LogP contribution < -0.4 is 24.0 Å². The van der Waals surface area contributed by atoms with Gasteiger partial charge in [-0.05, 0) is 43.9 Å². The minimum Gasteiger partial charge on any atom is -1.00 e. The third kappa shape index (κ3) is 7.63. The first-order chi connectivity index (χ1) is 9.12. The Labute approximate surface area is 145 Å². The van der Waals surface area contributed by atoms with Crippen LogP contribution in [-0.2, 0) is 0 Å². The molecule has 0 spiro atoms. The highest BCUT2D eigenvalue weighted by atomic mass is 127. The Bertz CT molecular complexity index is 218. The zero-order valence-electron chi connectivity index (χ0n) is 14.5. The average Bonchev–Trinajstić information content (AvgIpc) is 2.44. The van der Waals surface area contributed by atoms with Crippen molar-refractivity contribution >= 4 is 0 Å². The van der Waals surface area contributed by atoms with E-state index < -0.39 is 0 Å². The molecule has 1 fully saturated rings. The van der Waals surface area contributed by atoms with Gasteiger partial charge in [0.25, 0.3) is 0 Å². The summed E-state index contributed by atoms with van der Waals surface area (Å²) in [5, 5.41) is 0. The number of hydrogen-bond donors (Lipinski definition) is 0. The Kier molecular flexibility index (Phi) is 11.7. The molecule has 0 aromatic rings. The lowest BCUT2D eigenvalue weighted by atomic mass is 9.93. The minimum atomic E-state index is 0. The molecule has 0 saturated carbocycles. The molecule has 1 aliphatic heterocycles. The van der Waals surface area contributed by atoms with Crippen LogP contribution in [0.25, 0.3) is 0 Å². The van der Waals surface area contributed by atoms with Crippen LogP contribution in [0.4, 0.5) is 0 Å². The summed E-state index contributed by atoms with van der Waals surface area (Å²) in [6.45, 7) is 15.4. The third-order valence-corrected chi connectivity index (χ3v) is 5.41. The highest BCUT2D eigenvalue weighted by Gasteiger charge is 2.28. The van der Waals surface area contributed by atoms with Gasteiger partial charge in [0.1, 0.15) is 0 Å². The topological polar surface area (TPSA) is 0 Å². The summed E-state index contributed by atoms with van der Waals surface area (Å²) in [4.78, 5) is 0. The van der Waals surface area contributed by atoms with E-state index in [2.05, 4.69) is 27.7 Å². The summed E-state index contributed by atoms with van der Waals surface area (Å²) < 4.78 is 1.45. The fourth-order valence-electron chi connectivity index (χ4n) is 3.63. The van der Waals surface area contributed by atoms with E-state index in [1.54, 1.807) is 0 Å². The molecule has 0 N–H and O–H groups in total. The SMILES string of the molecule is CCC[N+]1(CCC(C)CCC(C)CC)CCCCC1.[I-]. The van der Waals surface area contributed by atoms with Gasteiger partial charge in [-0.2, -0.15) is 0 Å². The Morgan fingerprint density at radius 3 is 1.95 bits per heavy atom. The Morgan fingerprint density at radius 2 is 1.40 bits per heavy atom. The van der Waals surface area contributed by atoms with Gasteiger partial charge in [-0.3, -0.25) is 0 Å². The van der Waals surface area contributed by atoms with Crippen molar-refractivity contribution in [1.82, 2.24) is 0 Å². The quantitative estimate of drug-likeness (QED) is 0.415. The van der Waals surface area contributed by atoms with E-state index in [-0.39, 0.29) is 24.0 Å². The van der Waals surface area contributed by atoms with Gasteiger partial charge in [-0.1, -0.05) is 47.0 Å². The number of likely N-dealkylation sites (tertiary alicyclic amines) is 1. The summed E-state index contributed by atoms with van der Waals surface area (Å²) in [5.74, 6) is 1.86. The lowest BCUT2D eigenvalue weighted by molar-refractivity contribution is -0.933. The molecule has 0 aromatic carbocycles. The van der Waals surface area contributed by atoms with Crippen LogP contribution in [0.15, 0.2) is 0 Å². The lowest BCUT2D eigenvalue weighted by Gasteiger charge is -2.42. The summed E-state index contributed by atoms with van der Waals surface area (Å²) in [5.41, 5.74) is 0. The summed E-state index contributed by atoms with van der Waals surface area (Å²) in [6.07, 6.45) is 11.5. The maximum Gasteiger partial charge on any atom is 0.0789 e. The third-order valence-electron chi connectivity index (χ3n) is 5.41. The van der Waals surface area contributed by atoms with Gasteiger partial charge in [0.15, 0.2) is 0 Å². The van der Waals surface area contributed by atoms with Crippen molar-refractivity contribution in [3.05, 3.63) is 0 Å². The summed E-state index contributed by atoms with van der Waals surface area (Å²) >= 11 is 0. The van der Waals surface area contributed by atoms with Gasteiger partial charge in [0.2, 0.25) is 0 Å². The molecule has 2 atom stereocenters. The molecule has 0 amide bonds. The smallest absolute Gasteiger partial charge is 0.0789 e. The molecule has 1 heterocycles. The number of rotatable bonds is 9. The highest BCUT2D eigenvalue weighted by Crippen LogP contribution is 2.24. The Morgan fingerprint density at radius 1 is 0.800 bits per heavy atom. The fourth-order valence-corrected chi connectivity index (χ4v) is 3.63. The van der Waals surface area contributed by atoms with Crippen molar-refractivity contribution in [2.45, 2.75) is 79.1 Å². The van der Waals surface area contributed by atoms with Crippen LogP contribution in [0.2, 0.25) is 0 Å². The Balaban J connectivity index is 0.00000361. The van der Waals surface area contributed by atoms with Gasteiger partial charge in [0.05, 0.1) is 26.2 Å².